The van der Waals surface area contributed by atoms with Crippen LogP contribution >= 0.6 is 15.9 Å². The number of Topliss-reactive ketones (excluding diaryl/α,β-unsaturated/α-hetero) is 1. The highest BCUT2D eigenvalue weighted by atomic mass is 79.9. The van der Waals surface area contributed by atoms with E-state index in [0.717, 1.165) is 26.5 Å². The van der Waals surface area contributed by atoms with Crippen LogP contribution in [0.1, 0.15) is 28.8 Å². The first-order valence-corrected chi connectivity index (χ1v) is 7.32. The summed E-state index contributed by atoms with van der Waals surface area (Å²) in [6.45, 7) is 1.95. The number of H-pyrrole nitrogens is 1. The number of halogens is 1. The van der Waals surface area contributed by atoms with Gasteiger partial charge in [-0.25, -0.2) is 0 Å². The van der Waals surface area contributed by atoms with E-state index in [4.69, 9.17) is 0 Å². The largest absolute Gasteiger partial charge is 0.360 e. The first-order chi connectivity index (χ1) is 9.66. The quantitative estimate of drug-likeness (QED) is 0.680. The summed E-state index contributed by atoms with van der Waals surface area (Å²) in [5.74, 6) is 0.00335. The number of carbonyl (C=O) groups is 1. The van der Waals surface area contributed by atoms with E-state index < -0.39 is 0 Å². The van der Waals surface area contributed by atoms with Gasteiger partial charge in [0.05, 0.1) is 0 Å². The number of aromatic nitrogens is 1. The van der Waals surface area contributed by atoms with Crippen LogP contribution in [0.25, 0.3) is 10.9 Å². The fourth-order valence-electron chi connectivity index (χ4n) is 2.43. The maximum Gasteiger partial charge on any atom is 0.172 e. The van der Waals surface area contributed by atoms with Crippen molar-refractivity contribution in [1.29, 1.82) is 0 Å². The van der Waals surface area contributed by atoms with Crippen molar-refractivity contribution in [3.8, 4) is 0 Å². The van der Waals surface area contributed by atoms with Crippen LogP contribution in [0.15, 0.2) is 59.2 Å². The second-order valence-corrected chi connectivity index (χ2v) is 5.80. The summed E-state index contributed by atoms with van der Waals surface area (Å²) in [5.41, 5.74) is 2.77. The molecule has 2 aromatic carbocycles. The van der Waals surface area contributed by atoms with Crippen molar-refractivity contribution in [3.63, 3.8) is 0 Å². The molecule has 1 N–H and O–H groups in total. The first kappa shape index (κ1) is 13.1. The number of hydrogen-bond donors (Lipinski definition) is 1. The van der Waals surface area contributed by atoms with E-state index in [1.807, 2.05) is 55.5 Å². The van der Waals surface area contributed by atoms with Gasteiger partial charge in [0, 0.05) is 33.1 Å². The Morgan fingerprint density at radius 1 is 1.15 bits per heavy atom. The molecule has 0 saturated heterocycles. The Kier molecular flexibility index (Phi) is 3.45. The van der Waals surface area contributed by atoms with Crippen molar-refractivity contribution in [2.45, 2.75) is 12.8 Å². The normalized spacial score (nSPS) is 12.5. The van der Waals surface area contributed by atoms with E-state index >= 15 is 0 Å². The van der Waals surface area contributed by atoms with Crippen LogP contribution in [0.4, 0.5) is 0 Å². The number of nitrogens with one attached hydrogen (secondary N) is 1. The number of carbonyl (C=O) groups excluding carboxylic acids is 1. The zero-order valence-corrected chi connectivity index (χ0v) is 12.6. The third kappa shape index (κ3) is 2.29. The molecule has 1 atom stereocenters. The van der Waals surface area contributed by atoms with Crippen LogP contribution < -0.4 is 0 Å². The third-order valence-electron chi connectivity index (χ3n) is 3.60. The number of benzene rings is 2. The lowest BCUT2D eigenvalue weighted by Gasteiger charge is -2.10. The molecular weight excluding hydrogens is 314 g/mol. The number of hydrogen-bond acceptors (Lipinski definition) is 1. The zero-order valence-electron chi connectivity index (χ0n) is 11.1. The molecule has 0 saturated carbocycles. The van der Waals surface area contributed by atoms with E-state index in [1.165, 1.54) is 0 Å². The van der Waals surface area contributed by atoms with Crippen LogP contribution in [0, 0.1) is 0 Å². The van der Waals surface area contributed by atoms with Gasteiger partial charge >= 0.3 is 0 Å². The van der Waals surface area contributed by atoms with Gasteiger partial charge in [-0.1, -0.05) is 59.3 Å². The van der Waals surface area contributed by atoms with E-state index in [2.05, 4.69) is 20.9 Å². The van der Waals surface area contributed by atoms with Crippen molar-refractivity contribution in [2.75, 3.05) is 0 Å². The minimum atomic E-state index is -0.140. The summed E-state index contributed by atoms with van der Waals surface area (Å²) in [5, 5.41) is 0.973. The SMILES string of the molecule is CC(C(=O)c1c[nH]c2cc(Br)ccc12)c1ccccc1. The molecule has 2 nitrogen and oxygen atoms in total. The smallest absolute Gasteiger partial charge is 0.172 e. The Labute approximate surface area is 126 Å². The van der Waals surface area contributed by atoms with Crippen molar-refractivity contribution in [1.82, 2.24) is 4.98 Å². The Hall–Kier alpha value is -1.87. The average Bonchev–Trinajstić information content (AvgIpc) is 2.89. The predicted molar refractivity (Wildman–Crippen MR) is 85.2 cm³/mol. The summed E-state index contributed by atoms with van der Waals surface area (Å²) >= 11 is 3.44. The van der Waals surface area contributed by atoms with Gasteiger partial charge in [0.1, 0.15) is 0 Å². The van der Waals surface area contributed by atoms with Gasteiger partial charge in [-0.05, 0) is 17.7 Å². The lowest BCUT2D eigenvalue weighted by molar-refractivity contribution is 0.0968. The molecule has 0 aliphatic rings. The van der Waals surface area contributed by atoms with Gasteiger partial charge in [-0.15, -0.1) is 0 Å². The summed E-state index contributed by atoms with van der Waals surface area (Å²) < 4.78 is 1.00. The Balaban J connectivity index is 2.01. The number of ketones is 1. The minimum Gasteiger partial charge on any atom is -0.360 e. The highest BCUT2D eigenvalue weighted by Gasteiger charge is 2.20. The van der Waals surface area contributed by atoms with Crippen LogP contribution in [-0.2, 0) is 0 Å². The Morgan fingerprint density at radius 2 is 1.90 bits per heavy atom. The van der Waals surface area contributed by atoms with E-state index in [1.54, 1.807) is 6.20 Å². The molecule has 1 aromatic heterocycles. The van der Waals surface area contributed by atoms with Gasteiger partial charge in [-0.3, -0.25) is 4.79 Å². The molecule has 20 heavy (non-hydrogen) atoms. The van der Waals surface area contributed by atoms with E-state index in [9.17, 15) is 4.79 Å². The molecule has 0 aliphatic carbocycles. The Morgan fingerprint density at radius 3 is 2.65 bits per heavy atom. The van der Waals surface area contributed by atoms with Crippen molar-refractivity contribution < 1.29 is 4.79 Å². The van der Waals surface area contributed by atoms with Gasteiger partial charge < -0.3 is 4.98 Å². The second-order valence-electron chi connectivity index (χ2n) is 4.89. The second kappa shape index (κ2) is 5.25. The molecule has 3 rings (SSSR count). The van der Waals surface area contributed by atoms with Crippen molar-refractivity contribution >= 4 is 32.6 Å². The molecule has 1 heterocycles. The lowest BCUT2D eigenvalue weighted by Crippen LogP contribution is -2.08. The molecule has 0 aliphatic heterocycles. The molecule has 100 valence electrons. The molecule has 3 aromatic rings. The molecule has 0 bridgehead atoms. The number of aromatic amines is 1. The summed E-state index contributed by atoms with van der Waals surface area (Å²) in [6, 6.07) is 15.8. The molecule has 0 spiro atoms. The topological polar surface area (TPSA) is 32.9 Å². The maximum absolute atomic E-state index is 12.7. The third-order valence-corrected chi connectivity index (χ3v) is 4.10. The monoisotopic (exact) mass is 327 g/mol. The van der Waals surface area contributed by atoms with Crippen molar-refractivity contribution in [3.05, 3.63) is 70.3 Å². The standard InChI is InChI=1S/C17H14BrNO/c1-11(12-5-3-2-4-6-12)17(20)15-10-19-16-9-13(18)7-8-14(15)16/h2-11,19H,1H3. The van der Waals surface area contributed by atoms with Crippen molar-refractivity contribution in [2.24, 2.45) is 0 Å². The van der Waals surface area contributed by atoms with Crippen LogP contribution in [-0.4, -0.2) is 10.8 Å². The van der Waals surface area contributed by atoms with Gasteiger partial charge in [0.2, 0.25) is 0 Å². The minimum absolute atomic E-state index is 0.140. The van der Waals surface area contributed by atoms with Crippen LogP contribution in [0.3, 0.4) is 0 Å². The van der Waals surface area contributed by atoms with E-state index in [0.29, 0.717) is 0 Å². The molecule has 3 heteroatoms. The highest BCUT2D eigenvalue weighted by Crippen LogP contribution is 2.27. The lowest BCUT2D eigenvalue weighted by atomic mass is 9.92. The Bertz CT molecular complexity index is 761. The predicted octanol–water partition coefficient (Wildman–Crippen LogP) is 4.92. The fourth-order valence-corrected chi connectivity index (χ4v) is 2.79. The van der Waals surface area contributed by atoms with Gasteiger partial charge in [-0.2, -0.15) is 0 Å². The number of fused-ring (bicyclic) bond motifs is 1. The van der Waals surface area contributed by atoms with E-state index in [-0.39, 0.29) is 11.7 Å². The molecule has 0 fully saturated rings. The van der Waals surface area contributed by atoms with Gasteiger partial charge in [0.15, 0.2) is 5.78 Å². The van der Waals surface area contributed by atoms with Crippen LogP contribution in [0.2, 0.25) is 0 Å². The van der Waals surface area contributed by atoms with Gasteiger partial charge in [0.25, 0.3) is 0 Å². The molecule has 0 radical (unpaired) electrons. The average molecular weight is 328 g/mol. The molecule has 1 unspecified atom stereocenters. The first-order valence-electron chi connectivity index (χ1n) is 6.52. The fraction of sp³-hybridized carbons (Fsp3) is 0.118. The number of rotatable bonds is 3. The van der Waals surface area contributed by atoms with Crippen LogP contribution in [0.5, 0.6) is 0 Å². The summed E-state index contributed by atoms with van der Waals surface area (Å²) in [7, 11) is 0. The molecule has 0 amide bonds. The molecular formula is C17H14BrNO. The highest BCUT2D eigenvalue weighted by molar-refractivity contribution is 9.10. The zero-order chi connectivity index (χ0) is 14.1. The summed E-state index contributed by atoms with van der Waals surface area (Å²) in [4.78, 5) is 15.8. The summed E-state index contributed by atoms with van der Waals surface area (Å²) in [6.07, 6.45) is 1.80. The maximum atomic E-state index is 12.7.